The summed E-state index contributed by atoms with van der Waals surface area (Å²) in [6.45, 7) is -0.331. The van der Waals surface area contributed by atoms with E-state index in [9.17, 15) is 19.7 Å². The van der Waals surface area contributed by atoms with Gasteiger partial charge < -0.3 is 19.2 Å². The predicted octanol–water partition coefficient (Wildman–Crippen LogP) is 1.09. The van der Waals surface area contributed by atoms with E-state index in [0.29, 0.717) is 11.5 Å². The largest absolute Gasteiger partial charge is 0.493 e. The molecule has 27 heavy (non-hydrogen) atoms. The van der Waals surface area contributed by atoms with Crippen LogP contribution in [0.5, 0.6) is 11.5 Å². The Morgan fingerprint density at radius 2 is 1.96 bits per heavy atom. The molecule has 0 bridgehead atoms. The van der Waals surface area contributed by atoms with E-state index in [1.807, 2.05) is 0 Å². The van der Waals surface area contributed by atoms with Crippen LogP contribution in [0.4, 0.5) is 5.88 Å². The van der Waals surface area contributed by atoms with Crippen LogP contribution in [0.25, 0.3) is 0 Å². The SMILES string of the molecule is COc1ccc(C(=O)NCC(=O)N/N=C\c2ccc([N+](=O)[O-])o2)cc1OC. The highest BCUT2D eigenvalue weighted by Gasteiger charge is 2.12. The molecule has 11 nitrogen and oxygen atoms in total. The van der Waals surface area contributed by atoms with Crippen molar-refractivity contribution in [2.75, 3.05) is 20.8 Å². The molecule has 0 aliphatic heterocycles. The van der Waals surface area contributed by atoms with Crippen molar-refractivity contribution >= 4 is 23.9 Å². The maximum atomic E-state index is 12.1. The number of hydrogen-bond donors (Lipinski definition) is 2. The van der Waals surface area contributed by atoms with Gasteiger partial charge in [0.25, 0.3) is 11.8 Å². The molecule has 0 fully saturated rings. The smallest absolute Gasteiger partial charge is 0.433 e. The van der Waals surface area contributed by atoms with Crippen LogP contribution >= 0.6 is 0 Å². The Bertz CT molecular complexity index is 875. The van der Waals surface area contributed by atoms with Crippen molar-refractivity contribution in [2.24, 2.45) is 5.10 Å². The van der Waals surface area contributed by atoms with Gasteiger partial charge in [-0.25, -0.2) is 5.43 Å². The molecule has 0 unspecified atom stereocenters. The van der Waals surface area contributed by atoms with Crippen molar-refractivity contribution < 1.29 is 28.4 Å². The Morgan fingerprint density at radius 1 is 1.22 bits per heavy atom. The second-order valence-electron chi connectivity index (χ2n) is 4.98. The van der Waals surface area contributed by atoms with E-state index in [2.05, 4.69) is 15.8 Å². The normalized spacial score (nSPS) is 10.4. The molecule has 0 saturated carbocycles. The summed E-state index contributed by atoms with van der Waals surface area (Å²) in [4.78, 5) is 33.5. The molecule has 0 aliphatic carbocycles. The lowest BCUT2D eigenvalue weighted by Crippen LogP contribution is -2.34. The third-order valence-electron chi connectivity index (χ3n) is 3.23. The molecular formula is C16H16N4O7. The Kier molecular flexibility index (Phi) is 6.47. The van der Waals surface area contributed by atoms with E-state index in [1.165, 1.54) is 32.4 Å². The molecule has 1 aromatic heterocycles. The number of amides is 2. The molecule has 0 saturated heterocycles. The summed E-state index contributed by atoms with van der Waals surface area (Å²) in [5, 5.41) is 16.5. The lowest BCUT2D eigenvalue weighted by molar-refractivity contribution is -0.402. The van der Waals surface area contributed by atoms with Crippen LogP contribution < -0.4 is 20.2 Å². The van der Waals surface area contributed by atoms with Crippen LogP contribution in [0.2, 0.25) is 0 Å². The number of rotatable bonds is 8. The van der Waals surface area contributed by atoms with Crippen LogP contribution in [0.15, 0.2) is 39.9 Å². The number of carbonyl (C=O) groups is 2. The molecule has 2 amide bonds. The molecule has 0 radical (unpaired) electrons. The van der Waals surface area contributed by atoms with Gasteiger partial charge in [0.1, 0.15) is 4.92 Å². The van der Waals surface area contributed by atoms with E-state index in [4.69, 9.17) is 13.9 Å². The first kappa shape index (κ1) is 19.4. The zero-order chi connectivity index (χ0) is 19.8. The second kappa shape index (κ2) is 8.99. The highest BCUT2D eigenvalue weighted by atomic mass is 16.6. The minimum Gasteiger partial charge on any atom is -0.493 e. The first-order valence-corrected chi connectivity index (χ1v) is 7.51. The number of furan rings is 1. The first-order chi connectivity index (χ1) is 12.9. The van der Waals surface area contributed by atoms with Crippen LogP contribution in [-0.2, 0) is 4.79 Å². The minimum atomic E-state index is -0.695. The second-order valence-corrected chi connectivity index (χ2v) is 4.98. The average molecular weight is 376 g/mol. The molecular weight excluding hydrogens is 360 g/mol. The van der Waals surface area contributed by atoms with Crippen molar-refractivity contribution in [3.8, 4) is 11.5 Å². The van der Waals surface area contributed by atoms with Gasteiger partial charge in [-0.1, -0.05) is 0 Å². The lowest BCUT2D eigenvalue weighted by atomic mass is 10.2. The molecule has 1 aromatic carbocycles. The van der Waals surface area contributed by atoms with Gasteiger partial charge in [0.2, 0.25) is 0 Å². The van der Waals surface area contributed by atoms with Gasteiger partial charge in [-0.2, -0.15) is 5.10 Å². The number of methoxy groups -OCH3 is 2. The topological polar surface area (TPSA) is 145 Å². The third-order valence-corrected chi connectivity index (χ3v) is 3.23. The maximum Gasteiger partial charge on any atom is 0.433 e. The fourth-order valence-corrected chi connectivity index (χ4v) is 1.96. The third kappa shape index (κ3) is 5.29. The van der Waals surface area contributed by atoms with Crippen LogP contribution in [0, 0.1) is 10.1 Å². The number of hydrazone groups is 1. The molecule has 2 N–H and O–H groups in total. The Balaban J connectivity index is 1.84. The predicted molar refractivity (Wildman–Crippen MR) is 93.0 cm³/mol. The quantitative estimate of drug-likeness (QED) is 0.398. The van der Waals surface area contributed by atoms with Crippen molar-refractivity contribution in [1.82, 2.24) is 10.7 Å². The fraction of sp³-hybridized carbons (Fsp3) is 0.188. The van der Waals surface area contributed by atoms with Gasteiger partial charge in [0, 0.05) is 5.56 Å². The van der Waals surface area contributed by atoms with Gasteiger partial charge >= 0.3 is 5.88 Å². The summed E-state index contributed by atoms with van der Waals surface area (Å²) in [5.41, 5.74) is 2.44. The van der Waals surface area contributed by atoms with E-state index >= 15 is 0 Å². The fourth-order valence-electron chi connectivity index (χ4n) is 1.96. The maximum absolute atomic E-state index is 12.1. The Morgan fingerprint density at radius 3 is 2.59 bits per heavy atom. The van der Waals surface area contributed by atoms with E-state index in [-0.39, 0.29) is 17.9 Å². The van der Waals surface area contributed by atoms with E-state index in [0.717, 1.165) is 12.3 Å². The summed E-state index contributed by atoms with van der Waals surface area (Å²) >= 11 is 0. The summed E-state index contributed by atoms with van der Waals surface area (Å²) < 4.78 is 15.0. The molecule has 0 atom stereocenters. The number of ether oxygens (including phenoxy) is 2. The van der Waals surface area contributed by atoms with Gasteiger partial charge in [0.05, 0.1) is 33.0 Å². The van der Waals surface area contributed by atoms with Crippen molar-refractivity contribution in [3.05, 3.63) is 51.8 Å². The van der Waals surface area contributed by atoms with Crippen molar-refractivity contribution in [2.45, 2.75) is 0 Å². The van der Waals surface area contributed by atoms with Crippen LogP contribution in [-0.4, -0.2) is 43.7 Å². The standard InChI is InChI=1S/C16H16N4O7/c1-25-12-5-3-10(7-13(12)26-2)16(22)17-9-14(21)19-18-8-11-4-6-15(27-11)20(23)24/h3-8H,9H2,1-2H3,(H,17,22)(H,19,21)/b18-8-. The Labute approximate surface area is 153 Å². The molecule has 142 valence electrons. The van der Waals surface area contributed by atoms with E-state index < -0.39 is 22.6 Å². The monoisotopic (exact) mass is 376 g/mol. The number of nitro groups is 1. The summed E-state index contributed by atoms with van der Waals surface area (Å²) in [6, 6.07) is 7.06. The van der Waals surface area contributed by atoms with Gasteiger partial charge in [-0.05, 0) is 24.3 Å². The lowest BCUT2D eigenvalue weighted by Gasteiger charge is -2.09. The minimum absolute atomic E-state index is 0.0939. The van der Waals surface area contributed by atoms with Crippen molar-refractivity contribution in [1.29, 1.82) is 0 Å². The number of nitrogens with zero attached hydrogens (tertiary/aromatic N) is 2. The van der Waals surface area contributed by atoms with Gasteiger partial charge in [-0.3, -0.25) is 19.7 Å². The number of benzene rings is 1. The summed E-state index contributed by atoms with van der Waals surface area (Å²) in [6.07, 6.45) is 1.10. The van der Waals surface area contributed by atoms with Gasteiger partial charge in [-0.15, -0.1) is 0 Å². The zero-order valence-corrected chi connectivity index (χ0v) is 14.4. The summed E-state index contributed by atoms with van der Waals surface area (Å²) in [7, 11) is 2.92. The average Bonchev–Trinajstić information content (AvgIpc) is 3.14. The molecule has 2 rings (SSSR count). The van der Waals surface area contributed by atoms with Crippen LogP contribution in [0.1, 0.15) is 16.1 Å². The molecule has 0 aliphatic rings. The molecule has 2 aromatic rings. The van der Waals surface area contributed by atoms with Crippen molar-refractivity contribution in [3.63, 3.8) is 0 Å². The van der Waals surface area contributed by atoms with E-state index in [1.54, 1.807) is 6.07 Å². The highest BCUT2D eigenvalue weighted by molar-refractivity contribution is 5.97. The zero-order valence-electron chi connectivity index (χ0n) is 14.4. The summed E-state index contributed by atoms with van der Waals surface area (Å²) in [5.74, 6) is -0.578. The molecule has 0 spiro atoms. The molecule has 1 heterocycles. The number of hydrogen-bond acceptors (Lipinski definition) is 8. The van der Waals surface area contributed by atoms with Crippen LogP contribution in [0.3, 0.4) is 0 Å². The first-order valence-electron chi connectivity index (χ1n) is 7.51. The van der Waals surface area contributed by atoms with Gasteiger partial charge in [0.15, 0.2) is 17.3 Å². The Hall–Kier alpha value is -3.89. The molecule has 11 heteroatoms. The highest BCUT2D eigenvalue weighted by Crippen LogP contribution is 2.27. The number of nitrogens with one attached hydrogen (secondary N) is 2. The number of carbonyl (C=O) groups excluding carboxylic acids is 2.